The maximum Gasteiger partial charge on any atom is 0.337 e. The van der Waals surface area contributed by atoms with E-state index in [2.05, 4.69) is 22.5 Å². The fraction of sp³-hybridized carbons (Fsp3) is 0.455. The lowest BCUT2D eigenvalue weighted by Gasteiger charge is -2.20. The molecular formula is C11H14N2O2S. The van der Waals surface area contributed by atoms with Gasteiger partial charge in [0.2, 0.25) is 0 Å². The lowest BCUT2D eigenvalue weighted by Crippen LogP contribution is -2.42. The second-order valence-corrected chi connectivity index (χ2v) is 3.63. The molecule has 0 fully saturated rings. The van der Waals surface area contributed by atoms with Crippen molar-refractivity contribution in [2.24, 2.45) is 0 Å². The van der Waals surface area contributed by atoms with Crippen LogP contribution in [-0.4, -0.2) is 24.2 Å². The molecule has 0 aromatic rings. The molecule has 0 atom stereocenters. The van der Waals surface area contributed by atoms with E-state index in [4.69, 9.17) is 17.0 Å². The molecule has 1 rings (SSSR count). The van der Waals surface area contributed by atoms with Gasteiger partial charge < -0.3 is 15.4 Å². The second kappa shape index (κ2) is 6.13. The Balaban J connectivity index is 2.49. The first-order valence-corrected chi connectivity index (χ1v) is 5.37. The van der Waals surface area contributed by atoms with E-state index in [-0.39, 0.29) is 5.97 Å². The monoisotopic (exact) mass is 238 g/mol. The molecule has 1 aliphatic heterocycles. The summed E-state index contributed by atoms with van der Waals surface area (Å²) in [6, 6.07) is 0. The van der Waals surface area contributed by atoms with Crippen LogP contribution in [0.15, 0.2) is 11.3 Å². The Kier molecular flexibility index (Phi) is 4.80. The van der Waals surface area contributed by atoms with Crippen LogP contribution in [0, 0.1) is 11.8 Å². The number of allylic oxidation sites excluding steroid dienone is 1. The van der Waals surface area contributed by atoms with Gasteiger partial charge in [-0.15, -0.1) is 11.8 Å². The maximum atomic E-state index is 11.6. The van der Waals surface area contributed by atoms with Gasteiger partial charge in [0.05, 0.1) is 12.1 Å². The first kappa shape index (κ1) is 12.5. The standard InChI is InChI=1S/C11H14N2O2S/c1-3-4-5-6-15-10(14)9-7-12-11(16)13-8(9)2/h5-7H2,1-2H3,(H2,12,13,16). The molecule has 1 heterocycles. The lowest BCUT2D eigenvalue weighted by atomic mass is 10.2. The van der Waals surface area contributed by atoms with Crippen molar-refractivity contribution in [2.45, 2.75) is 20.3 Å². The molecule has 0 bridgehead atoms. The van der Waals surface area contributed by atoms with Gasteiger partial charge in [0.15, 0.2) is 5.11 Å². The van der Waals surface area contributed by atoms with Gasteiger partial charge in [-0.25, -0.2) is 4.79 Å². The number of carbonyl (C=O) groups is 1. The van der Waals surface area contributed by atoms with Crippen molar-refractivity contribution in [3.8, 4) is 11.8 Å². The van der Waals surface area contributed by atoms with Gasteiger partial charge in [0.25, 0.3) is 0 Å². The smallest absolute Gasteiger partial charge is 0.337 e. The average molecular weight is 238 g/mol. The van der Waals surface area contributed by atoms with Crippen LogP contribution >= 0.6 is 12.2 Å². The number of esters is 1. The summed E-state index contributed by atoms with van der Waals surface area (Å²) in [5.41, 5.74) is 1.33. The van der Waals surface area contributed by atoms with Crippen LogP contribution in [0.5, 0.6) is 0 Å². The van der Waals surface area contributed by atoms with Gasteiger partial charge in [-0.2, -0.15) is 0 Å². The van der Waals surface area contributed by atoms with Crippen LogP contribution in [0.3, 0.4) is 0 Å². The summed E-state index contributed by atoms with van der Waals surface area (Å²) in [6.45, 7) is 4.29. The van der Waals surface area contributed by atoms with E-state index in [1.807, 2.05) is 0 Å². The number of hydrogen-bond acceptors (Lipinski definition) is 3. The molecule has 0 spiro atoms. The van der Waals surface area contributed by atoms with Gasteiger partial charge in [0.1, 0.15) is 6.61 Å². The second-order valence-electron chi connectivity index (χ2n) is 3.22. The first-order chi connectivity index (χ1) is 7.65. The predicted molar refractivity (Wildman–Crippen MR) is 65.5 cm³/mol. The minimum atomic E-state index is -0.321. The van der Waals surface area contributed by atoms with E-state index >= 15 is 0 Å². The summed E-state index contributed by atoms with van der Waals surface area (Å²) in [7, 11) is 0. The summed E-state index contributed by atoms with van der Waals surface area (Å²) in [5, 5.41) is 6.29. The Morgan fingerprint density at radius 2 is 2.38 bits per heavy atom. The zero-order chi connectivity index (χ0) is 12.0. The number of rotatable bonds is 3. The molecule has 0 aromatic carbocycles. The van der Waals surface area contributed by atoms with Gasteiger partial charge in [-0.1, -0.05) is 0 Å². The highest BCUT2D eigenvalue weighted by Gasteiger charge is 2.19. The third-order valence-electron chi connectivity index (χ3n) is 2.06. The van der Waals surface area contributed by atoms with E-state index < -0.39 is 0 Å². The minimum absolute atomic E-state index is 0.320. The summed E-state index contributed by atoms with van der Waals surface area (Å²) < 4.78 is 5.07. The summed E-state index contributed by atoms with van der Waals surface area (Å²) >= 11 is 4.92. The van der Waals surface area contributed by atoms with E-state index in [0.717, 1.165) is 5.70 Å². The van der Waals surface area contributed by atoms with E-state index in [1.165, 1.54) is 0 Å². The van der Waals surface area contributed by atoms with Crippen LogP contribution in [0.25, 0.3) is 0 Å². The van der Waals surface area contributed by atoms with Crippen molar-refractivity contribution < 1.29 is 9.53 Å². The number of hydrogen-bond donors (Lipinski definition) is 2. The fourth-order valence-corrected chi connectivity index (χ4v) is 1.45. The summed E-state index contributed by atoms with van der Waals surface area (Å²) in [6.07, 6.45) is 0.563. The Hall–Kier alpha value is -1.54. The predicted octanol–water partition coefficient (Wildman–Crippen LogP) is 0.695. The van der Waals surface area contributed by atoms with Crippen molar-refractivity contribution >= 4 is 23.3 Å². The van der Waals surface area contributed by atoms with Crippen molar-refractivity contribution in [3.63, 3.8) is 0 Å². The first-order valence-electron chi connectivity index (χ1n) is 4.96. The SMILES string of the molecule is CC#CCCOC(=O)C1=C(C)NC(=S)NC1. The molecule has 0 unspecified atom stereocenters. The molecule has 0 amide bonds. The molecule has 4 nitrogen and oxygen atoms in total. The van der Waals surface area contributed by atoms with Crippen molar-refractivity contribution in [1.82, 2.24) is 10.6 Å². The average Bonchev–Trinajstić information content (AvgIpc) is 2.24. The van der Waals surface area contributed by atoms with Gasteiger partial charge in [-0.3, -0.25) is 0 Å². The topological polar surface area (TPSA) is 50.4 Å². The Morgan fingerprint density at radius 1 is 1.62 bits per heavy atom. The third-order valence-corrected chi connectivity index (χ3v) is 2.31. The van der Waals surface area contributed by atoms with Crippen molar-refractivity contribution in [3.05, 3.63) is 11.3 Å². The van der Waals surface area contributed by atoms with Gasteiger partial charge in [-0.05, 0) is 26.1 Å². The summed E-state index contributed by atoms with van der Waals surface area (Å²) in [4.78, 5) is 11.6. The molecule has 16 heavy (non-hydrogen) atoms. The molecule has 2 N–H and O–H groups in total. The van der Waals surface area contributed by atoms with E-state index in [9.17, 15) is 4.79 Å². The maximum absolute atomic E-state index is 11.6. The highest BCUT2D eigenvalue weighted by Crippen LogP contribution is 2.06. The van der Waals surface area contributed by atoms with E-state index in [1.54, 1.807) is 13.8 Å². The molecule has 0 aromatic heterocycles. The Morgan fingerprint density at radius 3 is 3.00 bits per heavy atom. The number of ether oxygens (including phenoxy) is 1. The molecule has 1 aliphatic rings. The zero-order valence-corrected chi connectivity index (χ0v) is 10.2. The molecule has 5 heteroatoms. The minimum Gasteiger partial charge on any atom is -0.461 e. The van der Waals surface area contributed by atoms with E-state index in [0.29, 0.717) is 30.3 Å². The fourth-order valence-electron chi connectivity index (χ4n) is 1.22. The summed E-state index contributed by atoms with van der Waals surface area (Å²) in [5.74, 6) is 5.25. The number of thiocarbonyl (C=S) groups is 1. The Bertz CT molecular complexity index is 391. The third kappa shape index (κ3) is 3.55. The molecule has 0 saturated carbocycles. The van der Waals surface area contributed by atoms with Gasteiger partial charge >= 0.3 is 5.97 Å². The molecule has 0 aliphatic carbocycles. The molecule has 0 radical (unpaired) electrons. The quantitative estimate of drug-likeness (QED) is 0.328. The number of carbonyl (C=O) groups excluding carboxylic acids is 1. The van der Waals surface area contributed by atoms with Crippen LogP contribution in [0.4, 0.5) is 0 Å². The highest BCUT2D eigenvalue weighted by atomic mass is 32.1. The normalized spacial score (nSPS) is 14.5. The number of nitrogens with one attached hydrogen (secondary N) is 2. The molecular weight excluding hydrogens is 224 g/mol. The van der Waals surface area contributed by atoms with Crippen LogP contribution in [-0.2, 0) is 9.53 Å². The Labute approximate surface area is 100 Å². The van der Waals surface area contributed by atoms with Crippen LogP contribution in [0.2, 0.25) is 0 Å². The lowest BCUT2D eigenvalue weighted by molar-refractivity contribution is -0.139. The highest BCUT2D eigenvalue weighted by molar-refractivity contribution is 7.80. The molecule has 86 valence electrons. The van der Waals surface area contributed by atoms with Crippen LogP contribution in [0.1, 0.15) is 20.3 Å². The van der Waals surface area contributed by atoms with Crippen molar-refractivity contribution in [1.29, 1.82) is 0 Å². The zero-order valence-electron chi connectivity index (χ0n) is 9.35. The van der Waals surface area contributed by atoms with Crippen LogP contribution < -0.4 is 10.6 Å². The molecule has 0 saturated heterocycles. The van der Waals surface area contributed by atoms with Crippen molar-refractivity contribution in [2.75, 3.05) is 13.2 Å². The largest absolute Gasteiger partial charge is 0.461 e. The van der Waals surface area contributed by atoms with Gasteiger partial charge in [0, 0.05) is 12.1 Å².